The van der Waals surface area contributed by atoms with Crippen molar-refractivity contribution in [1.29, 1.82) is 0 Å². The van der Waals surface area contributed by atoms with Crippen LogP contribution in [0.5, 0.6) is 0 Å². The van der Waals surface area contributed by atoms with Crippen molar-refractivity contribution in [1.82, 2.24) is 0 Å². The van der Waals surface area contributed by atoms with Crippen molar-refractivity contribution in [3.05, 3.63) is 122 Å². The van der Waals surface area contributed by atoms with Gasteiger partial charge in [-0.2, -0.15) is 0 Å². The van der Waals surface area contributed by atoms with Crippen LogP contribution >= 0.6 is 0 Å². The number of carbonyl (C=O) groups is 2. The van der Waals surface area contributed by atoms with Gasteiger partial charge in [-0.05, 0) is 122 Å². The molecule has 0 aromatic carbocycles. The highest BCUT2D eigenvalue weighted by Gasteiger charge is 2.17. The van der Waals surface area contributed by atoms with E-state index in [0.717, 1.165) is 116 Å². The van der Waals surface area contributed by atoms with Crippen LogP contribution in [0.15, 0.2) is 122 Å². The zero-order valence-corrected chi connectivity index (χ0v) is 41.5. The van der Waals surface area contributed by atoms with Crippen molar-refractivity contribution in [3.8, 4) is 0 Å². The Morgan fingerprint density at radius 1 is 0.359 bits per heavy atom. The summed E-state index contributed by atoms with van der Waals surface area (Å²) in [6.07, 6.45) is 75.0. The molecule has 0 bridgehead atoms. The number of rotatable bonds is 46. The molecular weight excluding hydrogens is 789 g/mol. The van der Waals surface area contributed by atoms with Crippen molar-refractivity contribution in [2.45, 2.75) is 219 Å². The summed E-state index contributed by atoms with van der Waals surface area (Å²) >= 11 is 0. The van der Waals surface area contributed by atoms with E-state index >= 15 is 0 Å². The summed E-state index contributed by atoms with van der Waals surface area (Å²) < 4.78 is 17.3. The van der Waals surface area contributed by atoms with Gasteiger partial charge < -0.3 is 14.2 Å². The summed E-state index contributed by atoms with van der Waals surface area (Å²) in [6.45, 7) is 7.46. The SMILES string of the molecule is CC/C=C\C/C=C\C/C=C\C/C=C\C/C=C\CCCC(=O)OCC(COCCCCCCCC/C=C\C/C=C\CCCCC)OC(=O)CCCCCCC/C=C\C/C=C\C/C=C\CC. The molecule has 0 aromatic rings. The van der Waals surface area contributed by atoms with Crippen molar-refractivity contribution < 1.29 is 23.8 Å². The zero-order chi connectivity index (χ0) is 46.3. The number of allylic oxidation sites excluding steroid dienone is 20. The molecule has 0 saturated heterocycles. The van der Waals surface area contributed by atoms with E-state index in [9.17, 15) is 9.59 Å². The molecule has 5 nitrogen and oxygen atoms in total. The maximum absolute atomic E-state index is 12.8. The Bertz CT molecular complexity index is 1320. The Morgan fingerprint density at radius 2 is 0.719 bits per heavy atom. The van der Waals surface area contributed by atoms with Gasteiger partial charge in [-0.3, -0.25) is 9.59 Å². The Balaban J connectivity index is 4.44. The molecule has 362 valence electrons. The van der Waals surface area contributed by atoms with Crippen molar-refractivity contribution in [2.24, 2.45) is 0 Å². The standard InChI is InChI=1S/C59H96O5/c1-4-7-10-13-16-19-22-25-28-30-32-34-37-40-43-46-49-52-58(60)63-56-57(55-62-54-51-48-45-42-39-36-33-29-26-23-20-17-14-11-8-5-2)64-59(61)53-50-47-44-41-38-35-31-27-24-21-18-15-12-9-6-3/h7,9-10,12,16-21,25-29,31-32,34,40,43,57H,4-6,8,11,13-15,22-24,30,33,35-39,41-42,44-56H2,1-3H3/b10-7-,12-9-,19-16-,20-17-,21-18-,28-25-,29-26-,31-27-,34-32-,43-40-. The number of hydrogen-bond acceptors (Lipinski definition) is 5. The average Bonchev–Trinajstić information content (AvgIpc) is 3.30. The first kappa shape index (κ1) is 60.3. The molecule has 0 amide bonds. The van der Waals surface area contributed by atoms with E-state index in [2.05, 4.69) is 142 Å². The normalized spacial score (nSPS) is 13.2. The Kier molecular flexibility index (Phi) is 50.5. The smallest absolute Gasteiger partial charge is 0.306 e. The quantitative estimate of drug-likeness (QED) is 0.0346. The molecule has 0 radical (unpaired) electrons. The summed E-state index contributed by atoms with van der Waals surface area (Å²) in [7, 11) is 0. The summed E-state index contributed by atoms with van der Waals surface area (Å²) in [5.74, 6) is -0.498. The second kappa shape index (κ2) is 53.6. The summed E-state index contributed by atoms with van der Waals surface area (Å²) in [4.78, 5) is 25.4. The van der Waals surface area contributed by atoms with Gasteiger partial charge in [0.25, 0.3) is 0 Å². The van der Waals surface area contributed by atoms with Gasteiger partial charge in [0.1, 0.15) is 6.61 Å². The van der Waals surface area contributed by atoms with Gasteiger partial charge in [-0.1, -0.05) is 200 Å². The van der Waals surface area contributed by atoms with Gasteiger partial charge in [0.2, 0.25) is 0 Å². The van der Waals surface area contributed by atoms with E-state index in [0.29, 0.717) is 19.4 Å². The Labute approximate surface area is 395 Å². The molecule has 0 aliphatic carbocycles. The second-order valence-electron chi connectivity index (χ2n) is 16.7. The lowest BCUT2D eigenvalue weighted by Gasteiger charge is -2.18. The largest absolute Gasteiger partial charge is 0.462 e. The van der Waals surface area contributed by atoms with Crippen LogP contribution in [-0.4, -0.2) is 37.9 Å². The Morgan fingerprint density at radius 3 is 1.17 bits per heavy atom. The first-order valence-electron chi connectivity index (χ1n) is 26.1. The molecule has 0 spiro atoms. The lowest BCUT2D eigenvalue weighted by molar-refractivity contribution is -0.163. The van der Waals surface area contributed by atoms with Gasteiger partial charge in [0, 0.05) is 19.4 Å². The third-order valence-corrected chi connectivity index (χ3v) is 10.5. The van der Waals surface area contributed by atoms with E-state index in [1.54, 1.807) is 0 Å². The van der Waals surface area contributed by atoms with E-state index in [1.165, 1.54) is 64.2 Å². The third kappa shape index (κ3) is 50.9. The van der Waals surface area contributed by atoms with Crippen molar-refractivity contribution in [2.75, 3.05) is 19.8 Å². The summed E-state index contributed by atoms with van der Waals surface area (Å²) in [6, 6.07) is 0. The number of carbonyl (C=O) groups excluding carboxylic acids is 2. The highest BCUT2D eigenvalue weighted by atomic mass is 16.6. The third-order valence-electron chi connectivity index (χ3n) is 10.5. The first-order chi connectivity index (χ1) is 31.6. The lowest BCUT2D eigenvalue weighted by atomic mass is 10.1. The highest BCUT2D eigenvalue weighted by molar-refractivity contribution is 5.70. The number of hydrogen-bond donors (Lipinski definition) is 0. The topological polar surface area (TPSA) is 61.8 Å². The number of ether oxygens (including phenoxy) is 3. The van der Waals surface area contributed by atoms with Gasteiger partial charge in [-0.25, -0.2) is 0 Å². The highest BCUT2D eigenvalue weighted by Crippen LogP contribution is 2.12. The minimum atomic E-state index is -0.582. The number of unbranched alkanes of at least 4 members (excludes halogenated alkanes) is 15. The van der Waals surface area contributed by atoms with Crippen LogP contribution in [0.2, 0.25) is 0 Å². The fourth-order valence-electron chi connectivity index (χ4n) is 6.65. The Hall–Kier alpha value is -3.70. The first-order valence-corrected chi connectivity index (χ1v) is 26.1. The van der Waals surface area contributed by atoms with Crippen LogP contribution in [0, 0.1) is 0 Å². The lowest BCUT2D eigenvalue weighted by Crippen LogP contribution is -2.30. The molecule has 0 fully saturated rings. The van der Waals surface area contributed by atoms with E-state index in [1.807, 2.05) is 0 Å². The van der Waals surface area contributed by atoms with Gasteiger partial charge in [-0.15, -0.1) is 0 Å². The predicted molar refractivity (Wildman–Crippen MR) is 279 cm³/mol. The van der Waals surface area contributed by atoms with E-state index in [-0.39, 0.29) is 25.2 Å². The van der Waals surface area contributed by atoms with Crippen LogP contribution in [0.1, 0.15) is 213 Å². The van der Waals surface area contributed by atoms with Crippen LogP contribution in [0.4, 0.5) is 0 Å². The predicted octanol–water partition coefficient (Wildman–Crippen LogP) is 17.8. The minimum absolute atomic E-state index is 0.0369. The van der Waals surface area contributed by atoms with E-state index < -0.39 is 6.10 Å². The molecule has 0 aliphatic heterocycles. The van der Waals surface area contributed by atoms with Crippen LogP contribution in [0.25, 0.3) is 0 Å². The van der Waals surface area contributed by atoms with Gasteiger partial charge >= 0.3 is 11.9 Å². The molecule has 5 heteroatoms. The van der Waals surface area contributed by atoms with Crippen LogP contribution in [-0.2, 0) is 23.8 Å². The molecule has 0 N–H and O–H groups in total. The molecule has 64 heavy (non-hydrogen) atoms. The second-order valence-corrected chi connectivity index (χ2v) is 16.7. The molecule has 0 aliphatic rings. The van der Waals surface area contributed by atoms with Crippen molar-refractivity contribution >= 4 is 11.9 Å². The maximum Gasteiger partial charge on any atom is 0.306 e. The monoisotopic (exact) mass is 885 g/mol. The molecule has 1 atom stereocenters. The molecule has 0 rings (SSSR count). The van der Waals surface area contributed by atoms with Crippen molar-refractivity contribution in [3.63, 3.8) is 0 Å². The average molecular weight is 885 g/mol. The molecule has 0 saturated carbocycles. The number of esters is 2. The van der Waals surface area contributed by atoms with Crippen LogP contribution in [0.3, 0.4) is 0 Å². The summed E-state index contributed by atoms with van der Waals surface area (Å²) in [5.41, 5.74) is 0. The summed E-state index contributed by atoms with van der Waals surface area (Å²) in [5, 5.41) is 0. The van der Waals surface area contributed by atoms with Crippen LogP contribution < -0.4 is 0 Å². The maximum atomic E-state index is 12.8. The zero-order valence-electron chi connectivity index (χ0n) is 41.5. The molecular formula is C59H96O5. The molecule has 0 aromatic heterocycles. The van der Waals surface area contributed by atoms with E-state index in [4.69, 9.17) is 14.2 Å². The molecule has 1 unspecified atom stereocenters. The fraction of sp³-hybridized carbons (Fsp3) is 0.627. The molecule has 0 heterocycles. The van der Waals surface area contributed by atoms with Gasteiger partial charge in [0.05, 0.1) is 6.61 Å². The minimum Gasteiger partial charge on any atom is -0.462 e. The fourth-order valence-corrected chi connectivity index (χ4v) is 6.65. The van der Waals surface area contributed by atoms with Gasteiger partial charge in [0.15, 0.2) is 6.10 Å².